The molecule has 0 spiro atoms. The summed E-state index contributed by atoms with van der Waals surface area (Å²) in [4.78, 5) is 0. The van der Waals surface area contributed by atoms with E-state index in [1.807, 2.05) is 65.9 Å². The third-order valence-corrected chi connectivity index (χ3v) is 26.7. The van der Waals surface area contributed by atoms with Crippen molar-refractivity contribution in [2.45, 2.75) is 31.6 Å². The zero-order chi connectivity index (χ0) is 86.4. The van der Waals surface area contributed by atoms with Gasteiger partial charge in [-0.15, -0.1) is 11.3 Å². The molecule has 7 nitrogen and oxygen atoms in total. The average molecular weight is 1680 g/mol. The largest absolute Gasteiger partial charge is 0.456 e. The van der Waals surface area contributed by atoms with Gasteiger partial charge in [0.1, 0.15) is 22.3 Å². The predicted molar refractivity (Wildman–Crippen MR) is 546 cm³/mol. The van der Waals surface area contributed by atoms with Gasteiger partial charge in [0.15, 0.2) is 0 Å². The molecule has 2 aliphatic rings. The van der Waals surface area contributed by atoms with Gasteiger partial charge < -0.3 is 34.7 Å². The van der Waals surface area contributed by atoms with Crippen LogP contribution in [0.2, 0.25) is 0 Å². The maximum absolute atomic E-state index is 6.08. The summed E-state index contributed by atoms with van der Waals surface area (Å²) in [5.74, 6) is 0. The molecular weight excluding hydrogens is 1590 g/mol. The van der Waals surface area contributed by atoms with E-state index in [1.165, 1.54) is 109 Å². The molecule has 8 heteroatoms. The first-order valence-corrected chi connectivity index (χ1v) is 44.9. The third kappa shape index (κ3) is 15.2. The summed E-state index contributed by atoms with van der Waals surface area (Å²) in [6.45, 7) is 7.07. The maximum Gasteiger partial charge on any atom is 0.136 e. The summed E-state index contributed by atoms with van der Waals surface area (Å²) in [6.07, 6.45) is 0. The number of benzene rings is 19. The normalized spacial score (nSPS) is 12.4. The lowest BCUT2D eigenvalue weighted by Crippen LogP contribution is -2.22. The second-order valence-electron chi connectivity index (χ2n) is 33.9. The number of para-hydroxylation sites is 4. The summed E-state index contributed by atoms with van der Waals surface area (Å²) < 4.78 is 17.2. The number of furan rings is 2. The van der Waals surface area contributed by atoms with E-state index in [1.54, 1.807) is 0 Å². The highest BCUT2D eigenvalue weighted by atomic mass is 32.1. The minimum Gasteiger partial charge on any atom is -0.456 e. The minimum atomic E-state index is -0.151. The number of nitrogens with zero attached hydrogens (tertiary/aromatic N) is 1. The van der Waals surface area contributed by atoms with Gasteiger partial charge in [0.2, 0.25) is 0 Å². The van der Waals surface area contributed by atoms with Crippen LogP contribution in [0.15, 0.2) is 470 Å². The molecule has 0 bridgehead atoms. The van der Waals surface area contributed by atoms with Gasteiger partial charge in [0, 0.05) is 115 Å². The van der Waals surface area contributed by atoms with Crippen LogP contribution in [0.25, 0.3) is 148 Å². The van der Waals surface area contributed by atoms with Crippen molar-refractivity contribution in [2.24, 2.45) is 0 Å². The van der Waals surface area contributed by atoms with Crippen molar-refractivity contribution >= 4 is 132 Å². The van der Waals surface area contributed by atoms with E-state index < -0.39 is 0 Å². The summed E-state index contributed by atoms with van der Waals surface area (Å²) in [5.41, 5.74) is 36.2. The number of hydrogen-bond donors (Lipinski definition) is 4. The van der Waals surface area contributed by atoms with Crippen molar-refractivity contribution in [3.05, 3.63) is 489 Å². The van der Waals surface area contributed by atoms with Crippen molar-refractivity contribution in [2.75, 3.05) is 21.3 Å². The van der Waals surface area contributed by atoms with Gasteiger partial charge in [-0.3, -0.25) is 0 Å². The molecule has 0 saturated heterocycles. The lowest BCUT2D eigenvalue weighted by Gasteiger charge is -2.28. The Balaban J connectivity index is 0.000000103. The average Bonchev–Trinajstić information content (AvgIpc) is 1.53. The molecular formula is C121H89N5O2S. The Labute approximate surface area is 754 Å². The van der Waals surface area contributed by atoms with Gasteiger partial charge >= 0.3 is 0 Å². The Morgan fingerprint density at radius 1 is 0.233 bits per heavy atom. The van der Waals surface area contributed by atoms with Crippen molar-refractivity contribution in [1.82, 2.24) is 4.57 Å². The molecule has 23 aromatic rings. The molecule has 0 atom stereocenters. The highest BCUT2D eigenvalue weighted by molar-refractivity contribution is 7.25. The fourth-order valence-corrected chi connectivity index (χ4v) is 20.4. The monoisotopic (exact) mass is 1680 g/mol. The molecule has 0 radical (unpaired) electrons. The van der Waals surface area contributed by atoms with Crippen LogP contribution in [0.4, 0.5) is 45.5 Å². The van der Waals surface area contributed by atoms with Crippen LogP contribution in [0.1, 0.15) is 48.6 Å². The highest BCUT2D eigenvalue weighted by Crippen LogP contribution is 2.56. The fraction of sp³-hybridized carbons (Fsp3) is 0.0413. The van der Waals surface area contributed by atoms with E-state index in [0.717, 1.165) is 112 Å². The third-order valence-electron chi connectivity index (χ3n) is 25.6. The quantitative estimate of drug-likeness (QED) is 0.0869. The maximum atomic E-state index is 6.08. The molecule has 0 saturated carbocycles. The molecule has 2 aliphatic carbocycles. The van der Waals surface area contributed by atoms with Crippen molar-refractivity contribution < 1.29 is 8.83 Å². The zero-order valence-corrected chi connectivity index (χ0v) is 72.4. The van der Waals surface area contributed by atoms with Crippen LogP contribution < -0.4 is 21.3 Å². The Bertz CT molecular complexity index is 7810. The minimum absolute atomic E-state index is 0.0845. The number of aromatic nitrogens is 1. The number of thiophene rings is 1. The zero-order valence-electron chi connectivity index (χ0n) is 71.6. The van der Waals surface area contributed by atoms with Crippen LogP contribution in [0, 0.1) is 0 Å². The van der Waals surface area contributed by atoms with E-state index >= 15 is 0 Å². The Morgan fingerprint density at radius 3 is 1.17 bits per heavy atom. The molecule has 616 valence electrons. The number of hydrogen-bond acceptors (Lipinski definition) is 7. The van der Waals surface area contributed by atoms with Crippen LogP contribution in [0.3, 0.4) is 0 Å². The van der Waals surface area contributed by atoms with Crippen molar-refractivity contribution in [1.29, 1.82) is 0 Å². The first-order valence-electron chi connectivity index (χ1n) is 44.1. The molecule has 0 aliphatic heterocycles. The summed E-state index contributed by atoms with van der Waals surface area (Å²) >= 11 is 1.86. The number of anilines is 8. The predicted octanol–water partition coefficient (Wildman–Crippen LogP) is 34.1. The molecule has 19 aromatic carbocycles. The van der Waals surface area contributed by atoms with E-state index in [-0.39, 0.29) is 10.8 Å². The lowest BCUT2D eigenvalue weighted by molar-refractivity contribution is 0.666. The van der Waals surface area contributed by atoms with Gasteiger partial charge in [-0.2, -0.15) is 0 Å². The first kappa shape index (κ1) is 78.7. The number of nitrogens with one attached hydrogen (secondary N) is 4. The van der Waals surface area contributed by atoms with Gasteiger partial charge in [-0.05, 0) is 248 Å². The van der Waals surface area contributed by atoms with Crippen molar-refractivity contribution in [3.63, 3.8) is 0 Å². The summed E-state index contributed by atoms with van der Waals surface area (Å²) in [7, 11) is 0. The first-order chi connectivity index (χ1) is 63.5. The van der Waals surface area contributed by atoms with Gasteiger partial charge in [0.05, 0.1) is 11.2 Å². The second-order valence-corrected chi connectivity index (χ2v) is 35.0. The van der Waals surface area contributed by atoms with E-state index in [0.29, 0.717) is 0 Å². The van der Waals surface area contributed by atoms with Gasteiger partial charge in [0.25, 0.3) is 0 Å². The molecule has 25 rings (SSSR count). The molecule has 0 fully saturated rings. The lowest BCUT2D eigenvalue weighted by atomic mass is 9.74. The van der Waals surface area contributed by atoms with Crippen LogP contribution in [0.5, 0.6) is 0 Å². The van der Waals surface area contributed by atoms with E-state index in [4.69, 9.17) is 8.83 Å². The molecule has 4 heterocycles. The van der Waals surface area contributed by atoms with Crippen molar-refractivity contribution in [3.8, 4) is 72.6 Å². The van der Waals surface area contributed by atoms with Gasteiger partial charge in [-0.1, -0.05) is 317 Å². The summed E-state index contributed by atoms with van der Waals surface area (Å²) in [6, 6.07) is 163. The van der Waals surface area contributed by atoms with E-state index in [9.17, 15) is 0 Å². The van der Waals surface area contributed by atoms with Crippen LogP contribution in [-0.4, -0.2) is 4.57 Å². The Hall–Kier alpha value is -16.3. The Kier molecular flexibility index (Phi) is 20.5. The topological polar surface area (TPSA) is 79.3 Å². The highest BCUT2D eigenvalue weighted by Gasteiger charge is 2.42. The fourth-order valence-electron chi connectivity index (χ4n) is 19.3. The number of rotatable bonds is 14. The smallest absolute Gasteiger partial charge is 0.136 e. The standard InChI is InChI=1S/C36H23NO2.C35H26N2S.C26H21N.C24H19N/c1-3-7-33-29(5-1)31-19-13-25(21-35(31)38-33)23-9-15-27(16-10-23)37-28-17-11-24(12-18-28)26-14-20-32-30-6-2-4-8-34(30)39-36(32)22-26;1-35(2)29-14-8-6-13-27(29)34-33(35)28-20-22(17-19-30(28)37(34)24-10-4-3-5-11-24)36-23-16-18-26-25-12-7-9-15-31(25)38-32(26)21-23;1-26(19-10-9-13-21(18-19)27-20-11-3-2-4-12-20)24-16-7-5-14-22(24)23-15-6-8-17-25(23)26;1-3-9-19(10-4-1)21-13-7-15-23(17-21)25-24-16-8-14-22(18-24)20-11-5-2-6-12-20/h1-22,37H;3-21,36H,1-2H3;2-18,27H,1H3;1-18,25H. The SMILES string of the molecule is CC1(C)c2ccccc2-c2c1c1cc(Nc3ccc4c(c3)sc3ccccc34)ccc1n2-c1ccccc1.CC1(c2cccc(Nc3ccccc3)c2)c2ccccc2-c2ccccc21.c1ccc(-c2cccc(Nc3cccc(-c4ccccc4)c3)c2)cc1.c1ccc2c(c1)oc1cc(-c3ccc(Nc4ccc(-c5ccc6c(c5)oc5ccccc56)cc4)cc3)ccc12. The summed E-state index contributed by atoms with van der Waals surface area (Å²) in [5, 5.41) is 22.9. The van der Waals surface area contributed by atoms with E-state index in [2.05, 4.69) is 453 Å². The number of fused-ring (bicyclic) bond motifs is 17. The van der Waals surface area contributed by atoms with Crippen LogP contribution in [-0.2, 0) is 10.8 Å². The molecule has 4 N–H and O–H groups in total. The molecule has 0 amide bonds. The Morgan fingerprint density at radius 2 is 0.597 bits per heavy atom. The molecule has 0 unspecified atom stereocenters. The van der Waals surface area contributed by atoms with Gasteiger partial charge in [-0.25, -0.2) is 0 Å². The second kappa shape index (κ2) is 33.7. The molecule has 4 aromatic heterocycles. The van der Waals surface area contributed by atoms with Crippen LogP contribution >= 0.6 is 11.3 Å². The molecule has 129 heavy (non-hydrogen) atoms.